The number of piperidine rings is 1. The maximum atomic E-state index is 9.99. The van der Waals surface area contributed by atoms with Crippen molar-refractivity contribution in [2.45, 2.75) is 51.4 Å². The summed E-state index contributed by atoms with van der Waals surface area (Å²) in [5.41, 5.74) is 0.854. The van der Waals surface area contributed by atoms with Gasteiger partial charge in [-0.05, 0) is 50.4 Å². The molecule has 0 bridgehead atoms. The van der Waals surface area contributed by atoms with Gasteiger partial charge in [0.2, 0.25) is 0 Å². The van der Waals surface area contributed by atoms with Crippen LogP contribution in [0, 0.1) is 17.2 Å². The summed E-state index contributed by atoms with van der Waals surface area (Å²) >= 11 is 0. The highest BCUT2D eigenvalue weighted by molar-refractivity contribution is 5.33. The van der Waals surface area contributed by atoms with E-state index in [0.717, 1.165) is 19.4 Å². The number of nitriles is 1. The Morgan fingerprint density at radius 3 is 2.43 bits per heavy atom. The van der Waals surface area contributed by atoms with Crippen molar-refractivity contribution in [3.05, 3.63) is 35.9 Å². The molecule has 0 saturated carbocycles. The molecule has 0 unspecified atom stereocenters. The van der Waals surface area contributed by atoms with Crippen molar-refractivity contribution >= 4 is 0 Å². The standard InChI is InChI=1S/C19H28N2/c1-3-17(2)19(16-20,18-10-6-4-7-11-18)12-15-21-13-8-5-9-14-21/h4,6-7,10-11,17H,3,5,8-9,12-15H2,1-2H3/t17-,19+/m0/s1. The fraction of sp³-hybridized carbons (Fsp3) is 0.632. The van der Waals surface area contributed by atoms with E-state index < -0.39 is 0 Å². The SMILES string of the molecule is CC[C@H](C)[C@](C#N)(CCN1CCCCC1)c1ccccc1. The zero-order chi connectivity index (χ0) is 15.1. The van der Waals surface area contributed by atoms with Gasteiger partial charge < -0.3 is 4.90 Å². The van der Waals surface area contributed by atoms with Crippen molar-refractivity contribution < 1.29 is 0 Å². The summed E-state index contributed by atoms with van der Waals surface area (Å²) in [6.07, 6.45) is 5.98. The summed E-state index contributed by atoms with van der Waals surface area (Å²) in [5.74, 6) is 0.384. The fourth-order valence-electron chi connectivity index (χ4n) is 3.51. The summed E-state index contributed by atoms with van der Waals surface area (Å²) in [4.78, 5) is 2.54. The van der Waals surface area contributed by atoms with E-state index in [2.05, 4.69) is 49.1 Å². The lowest BCUT2D eigenvalue weighted by atomic mass is 9.68. The van der Waals surface area contributed by atoms with E-state index in [1.807, 2.05) is 6.07 Å². The Kier molecular flexibility index (Phi) is 5.82. The lowest BCUT2D eigenvalue weighted by molar-refractivity contribution is 0.198. The molecule has 0 N–H and O–H groups in total. The first-order chi connectivity index (χ1) is 10.2. The Hall–Kier alpha value is -1.33. The van der Waals surface area contributed by atoms with Gasteiger partial charge in [0.05, 0.1) is 11.5 Å². The molecule has 1 aromatic rings. The fourth-order valence-corrected chi connectivity index (χ4v) is 3.51. The van der Waals surface area contributed by atoms with Crippen LogP contribution in [0.4, 0.5) is 0 Å². The molecule has 1 aromatic carbocycles. The molecular formula is C19H28N2. The summed E-state index contributed by atoms with van der Waals surface area (Å²) in [6, 6.07) is 13.1. The Morgan fingerprint density at radius 2 is 1.86 bits per heavy atom. The van der Waals surface area contributed by atoms with Gasteiger partial charge in [0.25, 0.3) is 0 Å². The van der Waals surface area contributed by atoms with Crippen LogP contribution in [0.15, 0.2) is 30.3 Å². The van der Waals surface area contributed by atoms with E-state index >= 15 is 0 Å². The van der Waals surface area contributed by atoms with E-state index in [4.69, 9.17) is 0 Å². The number of nitrogens with zero attached hydrogens (tertiary/aromatic N) is 2. The molecular weight excluding hydrogens is 256 g/mol. The van der Waals surface area contributed by atoms with Gasteiger partial charge in [-0.3, -0.25) is 0 Å². The van der Waals surface area contributed by atoms with Crippen LogP contribution in [0.1, 0.15) is 51.5 Å². The Labute approximate surface area is 129 Å². The number of likely N-dealkylation sites (tertiary alicyclic amines) is 1. The molecule has 2 nitrogen and oxygen atoms in total. The Balaban J connectivity index is 2.17. The van der Waals surface area contributed by atoms with Crippen molar-refractivity contribution in [2.75, 3.05) is 19.6 Å². The van der Waals surface area contributed by atoms with Crippen LogP contribution in [0.25, 0.3) is 0 Å². The predicted molar refractivity (Wildman–Crippen MR) is 88.1 cm³/mol. The zero-order valence-electron chi connectivity index (χ0n) is 13.5. The second kappa shape index (κ2) is 7.61. The quantitative estimate of drug-likeness (QED) is 0.775. The molecule has 1 aliphatic rings. The molecule has 0 radical (unpaired) electrons. The van der Waals surface area contributed by atoms with E-state index in [0.29, 0.717) is 5.92 Å². The van der Waals surface area contributed by atoms with Gasteiger partial charge in [0.15, 0.2) is 0 Å². The van der Waals surface area contributed by atoms with E-state index in [-0.39, 0.29) is 5.41 Å². The number of rotatable bonds is 6. The topological polar surface area (TPSA) is 27.0 Å². The molecule has 2 atom stereocenters. The van der Waals surface area contributed by atoms with Crippen molar-refractivity contribution in [3.63, 3.8) is 0 Å². The molecule has 0 spiro atoms. The third kappa shape index (κ3) is 3.66. The number of hydrogen-bond acceptors (Lipinski definition) is 2. The van der Waals surface area contributed by atoms with Gasteiger partial charge in [0, 0.05) is 0 Å². The van der Waals surface area contributed by atoms with Gasteiger partial charge >= 0.3 is 0 Å². The lowest BCUT2D eigenvalue weighted by Crippen LogP contribution is -2.38. The monoisotopic (exact) mass is 284 g/mol. The molecule has 0 aliphatic carbocycles. The Morgan fingerprint density at radius 1 is 1.19 bits per heavy atom. The number of hydrogen-bond donors (Lipinski definition) is 0. The molecule has 21 heavy (non-hydrogen) atoms. The molecule has 1 saturated heterocycles. The average molecular weight is 284 g/mol. The highest BCUT2D eigenvalue weighted by Gasteiger charge is 2.37. The molecule has 2 heteroatoms. The molecule has 1 fully saturated rings. The zero-order valence-corrected chi connectivity index (χ0v) is 13.5. The van der Waals surface area contributed by atoms with Gasteiger partial charge in [-0.15, -0.1) is 0 Å². The molecule has 0 amide bonds. The first-order valence-corrected chi connectivity index (χ1v) is 8.42. The molecule has 114 valence electrons. The van der Waals surface area contributed by atoms with Crippen LogP contribution in [0.5, 0.6) is 0 Å². The maximum Gasteiger partial charge on any atom is 0.0859 e. The predicted octanol–water partition coefficient (Wildman–Crippen LogP) is 4.37. The second-order valence-corrected chi connectivity index (χ2v) is 6.41. The molecule has 1 aliphatic heterocycles. The number of benzene rings is 1. The van der Waals surface area contributed by atoms with E-state index in [1.54, 1.807) is 0 Å². The third-order valence-corrected chi connectivity index (χ3v) is 5.21. The minimum Gasteiger partial charge on any atom is -0.303 e. The van der Waals surface area contributed by atoms with E-state index in [9.17, 15) is 5.26 Å². The summed E-state index contributed by atoms with van der Waals surface area (Å²) in [7, 11) is 0. The van der Waals surface area contributed by atoms with Gasteiger partial charge in [0.1, 0.15) is 0 Å². The van der Waals surface area contributed by atoms with Crippen LogP contribution in [-0.2, 0) is 5.41 Å². The summed E-state index contributed by atoms with van der Waals surface area (Å²) < 4.78 is 0. The third-order valence-electron chi connectivity index (χ3n) is 5.21. The summed E-state index contributed by atoms with van der Waals surface area (Å²) in [6.45, 7) is 7.88. The van der Waals surface area contributed by atoms with Crippen molar-refractivity contribution in [1.82, 2.24) is 4.90 Å². The lowest BCUT2D eigenvalue weighted by Gasteiger charge is -2.36. The maximum absolute atomic E-state index is 9.99. The normalized spacial score (nSPS) is 20.4. The minimum absolute atomic E-state index is 0.340. The smallest absolute Gasteiger partial charge is 0.0859 e. The van der Waals surface area contributed by atoms with Gasteiger partial charge in [-0.25, -0.2) is 0 Å². The van der Waals surface area contributed by atoms with Gasteiger partial charge in [-0.2, -0.15) is 5.26 Å². The van der Waals surface area contributed by atoms with Crippen molar-refractivity contribution in [3.8, 4) is 6.07 Å². The largest absolute Gasteiger partial charge is 0.303 e. The van der Waals surface area contributed by atoms with Gasteiger partial charge in [-0.1, -0.05) is 57.0 Å². The first kappa shape index (κ1) is 16.0. The first-order valence-electron chi connectivity index (χ1n) is 8.42. The highest BCUT2D eigenvalue weighted by atomic mass is 15.1. The molecule has 0 aromatic heterocycles. The van der Waals surface area contributed by atoms with Crippen LogP contribution in [-0.4, -0.2) is 24.5 Å². The van der Waals surface area contributed by atoms with E-state index in [1.165, 1.54) is 37.9 Å². The highest BCUT2D eigenvalue weighted by Crippen LogP contribution is 2.37. The van der Waals surface area contributed by atoms with Crippen LogP contribution >= 0.6 is 0 Å². The van der Waals surface area contributed by atoms with Crippen molar-refractivity contribution in [1.29, 1.82) is 5.26 Å². The van der Waals surface area contributed by atoms with Crippen LogP contribution < -0.4 is 0 Å². The summed E-state index contributed by atoms with van der Waals surface area (Å²) in [5, 5.41) is 9.99. The van der Waals surface area contributed by atoms with Crippen LogP contribution in [0.3, 0.4) is 0 Å². The van der Waals surface area contributed by atoms with Crippen molar-refractivity contribution in [2.24, 2.45) is 5.92 Å². The molecule has 2 rings (SSSR count). The molecule has 1 heterocycles. The average Bonchev–Trinajstić information content (AvgIpc) is 2.57. The Bertz CT molecular complexity index is 456. The second-order valence-electron chi connectivity index (χ2n) is 6.41. The van der Waals surface area contributed by atoms with Crippen LogP contribution in [0.2, 0.25) is 0 Å². The minimum atomic E-state index is -0.340.